The molecule has 0 radical (unpaired) electrons. The molecule has 1 aromatic heterocycles. The van der Waals surface area contributed by atoms with E-state index in [1.165, 1.54) is 4.57 Å². The molecule has 2 heterocycles. The first-order valence-corrected chi connectivity index (χ1v) is 9.64. The Morgan fingerprint density at radius 3 is 2.41 bits per heavy atom. The Morgan fingerprint density at radius 2 is 1.90 bits per heavy atom. The van der Waals surface area contributed by atoms with Crippen LogP contribution in [0, 0.1) is 17.6 Å². The fourth-order valence-electron chi connectivity index (χ4n) is 4.19. The lowest BCUT2D eigenvalue weighted by Crippen LogP contribution is -2.42. The van der Waals surface area contributed by atoms with Crippen LogP contribution in [0.5, 0.6) is 0 Å². The second-order valence-electron chi connectivity index (χ2n) is 8.68. The number of rotatable bonds is 4. The summed E-state index contributed by atoms with van der Waals surface area (Å²) >= 11 is 0. The highest BCUT2D eigenvalue weighted by molar-refractivity contribution is 5.99. The minimum atomic E-state index is -1.46. The van der Waals surface area contributed by atoms with Crippen molar-refractivity contribution in [1.29, 1.82) is 0 Å². The van der Waals surface area contributed by atoms with Gasteiger partial charge in [0.15, 0.2) is 11.6 Å². The Labute approximate surface area is 165 Å². The molecule has 7 nitrogen and oxygen atoms in total. The van der Waals surface area contributed by atoms with Crippen LogP contribution in [-0.2, 0) is 0 Å². The van der Waals surface area contributed by atoms with Crippen LogP contribution in [-0.4, -0.2) is 34.3 Å². The summed E-state index contributed by atoms with van der Waals surface area (Å²) in [4.78, 5) is 25.7. The molecule has 1 saturated carbocycles. The van der Waals surface area contributed by atoms with E-state index in [1.54, 1.807) is 4.90 Å². The van der Waals surface area contributed by atoms with Crippen molar-refractivity contribution in [3.05, 3.63) is 33.6 Å². The van der Waals surface area contributed by atoms with Gasteiger partial charge in [-0.25, -0.2) is 13.6 Å². The lowest BCUT2D eigenvalue weighted by molar-refractivity contribution is 0.0695. The maximum Gasteiger partial charge on any atom is 0.341 e. The van der Waals surface area contributed by atoms with E-state index < -0.39 is 45.2 Å². The van der Waals surface area contributed by atoms with Crippen molar-refractivity contribution < 1.29 is 18.7 Å². The number of aromatic nitrogens is 1. The van der Waals surface area contributed by atoms with Gasteiger partial charge in [0.05, 0.1) is 16.6 Å². The van der Waals surface area contributed by atoms with E-state index >= 15 is 8.78 Å². The van der Waals surface area contributed by atoms with E-state index in [0.717, 1.165) is 19.0 Å². The first kappa shape index (κ1) is 19.6. The number of carboxylic acid groups (broad SMARTS) is 1. The van der Waals surface area contributed by atoms with Crippen LogP contribution in [0.3, 0.4) is 0 Å². The zero-order valence-corrected chi connectivity index (χ0v) is 16.3. The van der Waals surface area contributed by atoms with Crippen LogP contribution in [0.2, 0.25) is 0 Å². The van der Waals surface area contributed by atoms with Crippen LogP contribution in [0.15, 0.2) is 11.0 Å². The number of anilines is 2. The number of pyridine rings is 1. The third kappa shape index (κ3) is 3.04. The Hall–Kier alpha value is -2.68. The number of hydrogen-bond acceptors (Lipinski definition) is 5. The third-order valence-electron chi connectivity index (χ3n) is 6.09. The average molecular weight is 406 g/mol. The van der Waals surface area contributed by atoms with Gasteiger partial charge in [0.25, 0.3) is 0 Å². The molecule has 1 unspecified atom stereocenters. The SMILES string of the molecule is CC(C)(N)C1CCN(c2c(F)c(N)c3c(=O)c(C(=O)O)cn(C4CC4)c3c2F)C1. The maximum atomic E-state index is 15.7. The molecule has 2 aliphatic rings. The first-order valence-electron chi connectivity index (χ1n) is 9.64. The zero-order chi connectivity index (χ0) is 21.2. The Balaban J connectivity index is 1.98. The second-order valence-corrected chi connectivity index (χ2v) is 8.68. The zero-order valence-electron chi connectivity index (χ0n) is 16.3. The fourth-order valence-corrected chi connectivity index (χ4v) is 4.19. The van der Waals surface area contributed by atoms with Gasteiger partial charge in [-0.2, -0.15) is 0 Å². The molecule has 1 saturated heterocycles. The molecule has 5 N–H and O–H groups in total. The molecule has 1 aromatic carbocycles. The number of fused-ring (bicyclic) bond motifs is 1. The Morgan fingerprint density at radius 1 is 1.24 bits per heavy atom. The molecule has 0 bridgehead atoms. The van der Waals surface area contributed by atoms with E-state index in [9.17, 15) is 14.7 Å². The van der Waals surface area contributed by atoms with E-state index in [0.29, 0.717) is 19.5 Å². The normalized spacial score (nSPS) is 19.9. The van der Waals surface area contributed by atoms with Crippen molar-refractivity contribution in [3.8, 4) is 0 Å². The standard InChI is InChI=1S/C20H24F2N4O3/c1-20(2,24)9-5-6-25(7-9)17-13(21)15(23)12-16(14(17)22)26(10-3-4-10)8-11(18(12)27)19(28)29/h8-10H,3-7,23-24H2,1-2H3,(H,28,29). The predicted molar refractivity (Wildman–Crippen MR) is 106 cm³/mol. The molecule has 9 heteroatoms. The van der Waals surface area contributed by atoms with Crippen molar-refractivity contribution in [2.24, 2.45) is 11.7 Å². The number of benzene rings is 1. The molecule has 2 fully saturated rings. The largest absolute Gasteiger partial charge is 0.477 e. The minimum Gasteiger partial charge on any atom is -0.477 e. The monoisotopic (exact) mass is 406 g/mol. The van der Waals surface area contributed by atoms with Gasteiger partial charge in [0.2, 0.25) is 5.43 Å². The predicted octanol–water partition coefficient (Wildman–Crippen LogP) is 2.46. The summed E-state index contributed by atoms with van der Waals surface area (Å²) in [7, 11) is 0. The lowest BCUT2D eigenvalue weighted by atomic mass is 9.88. The highest BCUT2D eigenvalue weighted by Crippen LogP contribution is 2.42. The van der Waals surface area contributed by atoms with Crippen LogP contribution in [0.1, 0.15) is 49.5 Å². The molecule has 156 valence electrons. The van der Waals surface area contributed by atoms with E-state index in [-0.39, 0.29) is 23.2 Å². The maximum absolute atomic E-state index is 15.7. The third-order valence-corrected chi connectivity index (χ3v) is 6.09. The summed E-state index contributed by atoms with van der Waals surface area (Å²) in [5.74, 6) is -3.34. The number of halogens is 2. The van der Waals surface area contributed by atoms with Gasteiger partial charge in [-0.15, -0.1) is 0 Å². The molecule has 2 aromatic rings. The lowest BCUT2D eigenvalue weighted by Gasteiger charge is -2.28. The van der Waals surface area contributed by atoms with Crippen molar-refractivity contribution in [2.45, 2.75) is 44.7 Å². The molecule has 1 atom stereocenters. The van der Waals surface area contributed by atoms with Crippen LogP contribution in [0.4, 0.5) is 20.2 Å². The second kappa shape index (κ2) is 6.41. The highest BCUT2D eigenvalue weighted by Gasteiger charge is 2.37. The number of carboxylic acids is 1. The number of aromatic carboxylic acids is 1. The van der Waals surface area contributed by atoms with Gasteiger partial charge in [-0.1, -0.05) is 0 Å². The van der Waals surface area contributed by atoms with Crippen LogP contribution < -0.4 is 21.8 Å². The summed E-state index contributed by atoms with van der Waals surface area (Å²) < 4.78 is 32.3. The summed E-state index contributed by atoms with van der Waals surface area (Å²) in [6.45, 7) is 4.52. The Bertz CT molecular complexity index is 1090. The minimum absolute atomic E-state index is 0.0400. The van der Waals surface area contributed by atoms with Gasteiger partial charge in [-0.3, -0.25) is 4.79 Å². The molecular weight excluding hydrogens is 382 g/mol. The van der Waals surface area contributed by atoms with Gasteiger partial charge in [-0.05, 0) is 39.0 Å². The quantitative estimate of drug-likeness (QED) is 0.672. The highest BCUT2D eigenvalue weighted by atomic mass is 19.1. The molecule has 29 heavy (non-hydrogen) atoms. The summed E-state index contributed by atoms with van der Waals surface area (Å²) in [5.41, 5.74) is 9.15. The fraction of sp³-hybridized carbons (Fsp3) is 0.500. The number of nitrogens with two attached hydrogens (primary N) is 2. The van der Waals surface area contributed by atoms with Crippen LogP contribution in [0.25, 0.3) is 10.9 Å². The van der Waals surface area contributed by atoms with Crippen molar-refractivity contribution >= 4 is 28.2 Å². The summed E-state index contributed by atoms with van der Waals surface area (Å²) in [5, 5.41) is 8.94. The van der Waals surface area contributed by atoms with E-state index in [2.05, 4.69) is 0 Å². The van der Waals surface area contributed by atoms with Crippen molar-refractivity contribution in [1.82, 2.24) is 4.57 Å². The molecule has 1 aliphatic heterocycles. The van der Waals surface area contributed by atoms with Gasteiger partial charge in [0.1, 0.15) is 11.3 Å². The van der Waals surface area contributed by atoms with Crippen LogP contribution >= 0.6 is 0 Å². The first-order chi connectivity index (χ1) is 13.5. The van der Waals surface area contributed by atoms with Crippen molar-refractivity contribution in [2.75, 3.05) is 23.7 Å². The smallest absolute Gasteiger partial charge is 0.341 e. The van der Waals surface area contributed by atoms with Gasteiger partial charge < -0.3 is 26.0 Å². The van der Waals surface area contributed by atoms with E-state index in [4.69, 9.17) is 11.5 Å². The number of carbonyl (C=O) groups is 1. The Kier molecular flexibility index (Phi) is 4.34. The number of nitrogens with zero attached hydrogens (tertiary/aromatic N) is 2. The topological polar surface area (TPSA) is 115 Å². The number of hydrogen-bond donors (Lipinski definition) is 3. The van der Waals surface area contributed by atoms with Gasteiger partial charge in [0, 0.05) is 30.9 Å². The van der Waals surface area contributed by atoms with E-state index in [1.807, 2.05) is 13.8 Å². The summed E-state index contributed by atoms with van der Waals surface area (Å²) in [6, 6.07) is -0.141. The molecule has 1 aliphatic carbocycles. The molecule has 0 spiro atoms. The molecular formula is C20H24F2N4O3. The number of nitrogen functional groups attached to an aromatic ring is 1. The summed E-state index contributed by atoms with van der Waals surface area (Å²) in [6.07, 6.45) is 3.25. The molecule has 0 amide bonds. The molecule has 4 rings (SSSR count). The van der Waals surface area contributed by atoms with Crippen molar-refractivity contribution in [3.63, 3.8) is 0 Å². The van der Waals surface area contributed by atoms with Gasteiger partial charge >= 0.3 is 5.97 Å². The average Bonchev–Trinajstić information content (AvgIpc) is 3.35.